The van der Waals surface area contributed by atoms with Crippen LogP contribution in [0.4, 0.5) is 0 Å². The van der Waals surface area contributed by atoms with Crippen LogP contribution in [0.5, 0.6) is 0 Å². The van der Waals surface area contributed by atoms with Gasteiger partial charge in [-0.3, -0.25) is 4.79 Å². The van der Waals surface area contributed by atoms with Gasteiger partial charge in [0.25, 0.3) is 5.91 Å². The molecule has 2 rings (SSSR count). The van der Waals surface area contributed by atoms with Crippen LogP contribution in [0.2, 0.25) is 0 Å². The summed E-state index contributed by atoms with van der Waals surface area (Å²) in [6, 6.07) is 10.2. The van der Waals surface area contributed by atoms with E-state index in [1.165, 1.54) is 0 Å². The molecule has 2 aromatic rings. The molecule has 0 unspecified atom stereocenters. The van der Waals surface area contributed by atoms with Crippen LogP contribution in [0.3, 0.4) is 0 Å². The molecule has 3 N–H and O–H groups in total. The maximum Gasteiger partial charge on any atom is 0.265 e. The molecule has 3 heteroatoms. The number of aromatic amines is 1. The van der Waals surface area contributed by atoms with Crippen molar-refractivity contribution < 1.29 is 4.79 Å². The Bertz CT molecular complexity index is 398. The maximum atomic E-state index is 10.7. The summed E-state index contributed by atoms with van der Waals surface area (Å²) >= 11 is 0. The van der Waals surface area contributed by atoms with Crippen LogP contribution in [0.1, 0.15) is 10.5 Å². The molecule has 1 radical (unpaired) electrons. The number of hydrogen-bond donors (Lipinski definition) is 2. The fourth-order valence-corrected chi connectivity index (χ4v) is 1.14. The Hall–Kier alpha value is -1.77. The number of H-pyrrole nitrogens is 1. The average Bonchev–Trinajstić information content (AvgIpc) is 2.46. The van der Waals surface area contributed by atoms with Crippen molar-refractivity contribution in [3.63, 3.8) is 0 Å². The molecule has 0 aliphatic carbocycles. The maximum absolute atomic E-state index is 10.7. The summed E-state index contributed by atoms with van der Waals surface area (Å²) < 4.78 is 0. The first-order chi connectivity index (χ1) is 5.77. The van der Waals surface area contributed by atoms with Crippen molar-refractivity contribution in [2.24, 2.45) is 5.73 Å². The molecule has 0 fully saturated rings. The fraction of sp³-hybridized carbons (Fsp3) is 0. The number of aromatic nitrogens is 1. The summed E-state index contributed by atoms with van der Waals surface area (Å²) in [7, 11) is 0. The number of carbonyl (C=O) groups is 1. The second-order valence-electron chi connectivity index (χ2n) is 2.55. The van der Waals surface area contributed by atoms with E-state index in [9.17, 15) is 4.79 Å². The molecule has 3 nitrogen and oxygen atoms in total. The summed E-state index contributed by atoms with van der Waals surface area (Å²) in [5, 5.41) is 0.950. The molecule has 1 aromatic carbocycles. The van der Waals surface area contributed by atoms with Gasteiger partial charge in [0.05, 0.1) is 5.52 Å². The molecule has 0 aliphatic heterocycles. The number of amides is 1. The lowest BCUT2D eigenvalue weighted by atomic mass is 10.2. The van der Waals surface area contributed by atoms with Crippen LogP contribution in [-0.4, -0.2) is 10.9 Å². The lowest BCUT2D eigenvalue weighted by molar-refractivity contribution is 0.0996. The molecule has 12 heavy (non-hydrogen) atoms. The minimum atomic E-state index is -0.445. The van der Waals surface area contributed by atoms with E-state index in [1.807, 2.05) is 12.1 Å². The monoisotopic (exact) mass is 159 g/mol. The molecule has 0 aliphatic rings. The Morgan fingerprint density at radius 2 is 2.42 bits per heavy atom. The van der Waals surface area contributed by atoms with Gasteiger partial charge in [-0.15, -0.1) is 0 Å². The summed E-state index contributed by atoms with van der Waals surface area (Å²) in [6.45, 7) is 0. The zero-order chi connectivity index (χ0) is 8.55. The number of nitrogens with two attached hydrogens (primary N) is 1. The van der Waals surface area contributed by atoms with Crippen molar-refractivity contribution >= 4 is 16.8 Å². The van der Waals surface area contributed by atoms with Gasteiger partial charge in [0.1, 0.15) is 5.69 Å². The van der Waals surface area contributed by atoms with E-state index in [4.69, 9.17) is 5.73 Å². The lowest BCUT2D eigenvalue weighted by Crippen LogP contribution is -2.10. The Kier molecular flexibility index (Phi) is 1.37. The first-order valence-electron chi connectivity index (χ1n) is 3.56. The third kappa shape index (κ3) is 0.955. The SMILES string of the molecule is NC(=O)c1cc2ccc[c]c2[nH]1. The summed E-state index contributed by atoms with van der Waals surface area (Å²) in [5.41, 5.74) is 6.33. The second-order valence-corrected chi connectivity index (χ2v) is 2.55. The van der Waals surface area contributed by atoms with Crippen molar-refractivity contribution in [3.8, 4) is 0 Å². The highest BCUT2D eigenvalue weighted by Crippen LogP contribution is 2.13. The third-order valence-electron chi connectivity index (χ3n) is 1.71. The number of benzene rings is 1. The third-order valence-corrected chi connectivity index (χ3v) is 1.71. The van der Waals surface area contributed by atoms with Crippen LogP contribution in [-0.2, 0) is 0 Å². The smallest absolute Gasteiger partial charge is 0.265 e. The van der Waals surface area contributed by atoms with Gasteiger partial charge in [-0.1, -0.05) is 18.2 Å². The molecule has 0 saturated heterocycles. The standard InChI is InChI=1S/C9H7N2O/c10-9(12)8-5-6-3-1-2-4-7(6)11-8/h1-3,5,11H,(H2,10,12). The van der Waals surface area contributed by atoms with Crippen LogP contribution in [0.15, 0.2) is 24.3 Å². The topological polar surface area (TPSA) is 58.9 Å². The highest BCUT2D eigenvalue weighted by Gasteiger charge is 2.03. The van der Waals surface area contributed by atoms with E-state index in [-0.39, 0.29) is 0 Å². The number of rotatable bonds is 1. The highest BCUT2D eigenvalue weighted by atomic mass is 16.1. The molecule has 1 amide bonds. The average molecular weight is 159 g/mol. The lowest BCUT2D eigenvalue weighted by Gasteiger charge is -1.84. The van der Waals surface area contributed by atoms with Gasteiger partial charge < -0.3 is 10.7 Å². The number of para-hydroxylation sites is 1. The van der Waals surface area contributed by atoms with E-state index in [2.05, 4.69) is 11.1 Å². The van der Waals surface area contributed by atoms with E-state index in [0.717, 1.165) is 10.9 Å². The predicted molar refractivity (Wildman–Crippen MR) is 45.7 cm³/mol. The second kappa shape index (κ2) is 2.37. The molecule has 0 bridgehead atoms. The van der Waals surface area contributed by atoms with Gasteiger partial charge in [-0.25, -0.2) is 0 Å². The number of fused-ring (bicyclic) bond motifs is 1. The van der Waals surface area contributed by atoms with Crippen molar-refractivity contribution in [1.82, 2.24) is 4.98 Å². The van der Waals surface area contributed by atoms with Gasteiger partial charge in [-0.05, 0) is 6.07 Å². The highest BCUT2D eigenvalue weighted by molar-refractivity contribution is 5.96. The van der Waals surface area contributed by atoms with E-state index >= 15 is 0 Å². The van der Waals surface area contributed by atoms with Crippen molar-refractivity contribution in [2.75, 3.05) is 0 Å². The molecule has 1 heterocycles. The van der Waals surface area contributed by atoms with Gasteiger partial charge in [0.15, 0.2) is 0 Å². The van der Waals surface area contributed by atoms with Crippen LogP contribution in [0.25, 0.3) is 10.9 Å². The Labute approximate surface area is 69.2 Å². The number of nitrogens with one attached hydrogen (secondary N) is 1. The normalized spacial score (nSPS) is 10.3. The zero-order valence-corrected chi connectivity index (χ0v) is 6.29. The Morgan fingerprint density at radius 3 is 3.08 bits per heavy atom. The molecular weight excluding hydrogens is 152 g/mol. The van der Waals surface area contributed by atoms with E-state index in [1.54, 1.807) is 12.1 Å². The van der Waals surface area contributed by atoms with Gasteiger partial charge in [0, 0.05) is 11.5 Å². The first kappa shape index (κ1) is 6.91. The molecule has 59 valence electrons. The van der Waals surface area contributed by atoms with Crippen LogP contribution in [0, 0.1) is 6.07 Å². The van der Waals surface area contributed by atoms with E-state index in [0.29, 0.717) is 5.69 Å². The summed E-state index contributed by atoms with van der Waals surface area (Å²) in [4.78, 5) is 13.6. The fourth-order valence-electron chi connectivity index (χ4n) is 1.14. The summed E-state index contributed by atoms with van der Waals surface area (Å²) in [6.07, 6.45) is 0. The summed E-state index contributed by atoms with van der Waals surface area (Å²) in [5.74, 6) is -0.445. The van der Waals surface area contributed by atoms with Crippen molar-refractivity contribution in [3.05, 3.63) is 36.0 Å². The number of hydrogen-bond acceptors (Lipinski definition) is 1. The Morgan fingerprint density at radius 1 is 1.58 bits per heavy atom. The van der Waals surface area contributed by atoms with Gasteiger partial charge in [-0.2, -0.15) is 0 Å². The van der Waals surface area contributed by atoms with Crippen molar-refractivity contribution in [2.45, 2.75) is 0 Å². The van der Waals surface area contributed by atoms with E-state index < -0.39 is 5.91 Å². The Balaban J connectivity index is 2.70. The predicted octanol–water partition coefficient (Wildman–Crippen LogP) is 1.07. The number of primary amides is 1. The van der Waals surface area contributed by atoms with Crippen LogP contribution < -0.4 is 5.73 Å². The molecule has 1 aromatic heterocycles. The molecule has 0 atom stereocenters. The minimum Gasteiger partial charge on any atom is -0.364 e. The van der Waals surface area contributed by atoms with Crippen LogP contribution >= 0.6 is 0 Å². The quantitative estimate of drug-likeness (QED) is 0.642. The minimum absolute atomic E-state index is 0.424. The van der Waals surface area contributed by atoms with Gasteiger partial charge in [0.2, 0.25) is 0 Å². The molecule has 0 spiro atoms. The van der Waals surface area contributed by atoms with Gasteiger partial charge >= 0.3 is 0 Å². The molecular formula is C9H7N2O. The molecule has 0 saturated carbocycles. The van der Waals surface area contributed by atoms with Crippen molar-refractivity contribution in [1.29, 1.82) is 0 Å². The number of carbonyl (C=O) groups excluding carboxylic acids is 1. The largest absolute Gasteiger partial charge is 0.364 e. The zero-order valence-electron chi connectivity index (χ0n) is 6.29. The first-order valence-corrected chi connectivity index (χ1v) is 3.56.